The lowest BCUT2D eigenvalue weighted by molar-refractivity contribution is 0.264. The number of hydrogen-bond donors (Lipinski definition) is 2. The van der Waals surface area contributed by atoms with E-state index in [1.807, 2.05) is 12.1 Å². The van der Waals surface area contributed by atoms with Crippen LogP contribution in [-0.2, 0) is 5.41 Å². The summed E-state index contributed by atoms with van der Waals surface area (Å²) in [6.45, 7) is 4.44. The molecule has 0 aromatic heterocycles. The van der Waals surface area contributed by atoms with Gasteiger partial charge in [0.25, 0.3) is 0 Å². The molecule has 0 bridgehead atoms. The van der Waals surface area contributed by atoms with Gasteiger partial charge in [0.15, 0.2) is 5.96 Å². The van der Waals surface area contributed by atoms with E-state index in [9.17, 15) is 4.39 Å². The maximum absolute atomic E-state index is 14.2. The van der Waals surface area contributed by atoms with Crippen LogP contribution in [0.3, 0.4) is 0 Å². The molecule has 146 valence electrons. The van der Waals surface area contributed by atoms with E-state index in [1.54, 1.807) is 12.1 Å². The van der Waals surface area contributed by atoms with E-state index in [1.165, 1.54) is 12.8 Å². The number of nitrogens with zero attached hydrogens (tertiary/aromatic N) is 2. The average Bonchev–Trinajstić information content (AvgIpc) is 3.48. The van der Waals surface area contributed by atoms with Gasteiger partial charge in [0, 0.05) is 24.5 Å². The number of benzene rings is 1. The second-order valence-corrected chi connectivity index (χ2v) is 7.70. The maximum atomic E-state index is 14.2. The first-order valence-corrected chi connectivity index (χ1v) is 9.49. The van der Waals surface area contributed by atoms with Crippen molar-refractivity contribution < 1.29 is 4.39 Å². The Hall–Kier alpha value is -0.890. The van der Waals surface area contributed by atoms with Gasteiger partial charge in [0.1, 0.15) is 5.82 Å². The van der Waals surface area contributed by atoms with E-state index >= 15 is 0 Å². The number of hydrogen-bond acceptors (Lipinski definition) is 2. The fraction of sp³-hybridized carbons (Fsp3) is 0.650. The van der Waals surface area contributed by atoms with Crippen LogP contribution in [0, 0.1) is 11.7 Å². The Labute approximate surface area is 174 Å². The first-order chi connectivity index (χ1) is 12.1. The van der Waals surface area contributed by atoms with Gasteiger partial charge in [-0.3, -0.25) is 4.99 Å². The highest BCUT2D eigenvalue weighted by Crippen LogP contribution is 2.49. The molecule has 1 aromatic carbocycles. The Morgan fingerprint density at radius 1 is 1.27 bits per heavy atom. The van der Waals surface area contributed by atoms with Crippen molar-refractivity contribution in [3.05, 3.63) is 35.6 Å². The summed E-state index contributed by atoms with van der Waals surface area (Å²) >= 11 is 0. The van der Waals surface area contributed by atoms with Crippen LogP contribution in [0.2, 0.25) is 0 Å². The van der Waals surface area contributed by atoms with Gasteiger partial charge in [-0.25, -0.2) is 4.39 Å². The number of rotatable bonds is 8. The van der Waals surface area contributed by atoms with Crippen LogP contribution >= 0.6 is 24.0 Å². The van der Waals surface area contributed by atoms with Gasteiger partial charge in [-0.05, 0) is 64.3 Å². The first-order valence-electron chi connectivity index (χ1n) is 9.49. The Bertz CT molecular complexity index is 610. The van der Waals surface area contributed by atoms with Gasteiger partial charge in [-0.1, -0.05) is 18.2 Å². The van der Waals surface area contributed by atoms with Crippen molar-refractivity contribution in [2.45, 2.75) is 44.1 Å². The molecule has 0 saturated heterocycles. The summed E-state index contributed by atoms with van der Waals surface area (Å²) in [5.41, 5.74) is 0.712. The molecule has 1 aromatic rings. The standard InChI is InChI=1S/C20H31FN4.HI/c1-4-22-19(23-13-18(25(2)3)15-9-10-15)24-14-20(11-12-20)16-7-5-6-8-17(16)21;/h5-8,15,18H,4,9-14H2,1-3H3,(H2,22,23,24);1H. The van der Waals surface area contributed by atoms with Crippen LogP contribution in [0.5, 0.6) is 0 Å². The van der Waals surface area contributed by atoms with Crippen molar-refractivity contribution >= 4 is 29.9 Å². The molecule has 2 fully saturated rings. The second-order valence-electron chi connectivity index (χ2n) is 7.70. The first kappa shape index (κ1) is 21.4. The Morgan fingerprint density at radius 3 is 2.50 bits per heavy atom. The third-order valence-corrected chi connectivity index (χ3v) is 5.49. The Kier molecular flexibility index (Phi) is 7.70. The van der Waals surface area contributed by atoms with Gasteiger partial charge in [0.05, 0.1) is 6.54 Å². The minimum atomic E-state index is -0.106. The van der Waals surface area contributed by atoms with Crippen LogP contribution in [0.1, 0.15) is 38.2 Å². The van der Waals surface area contributed by atoms with Crippen molar-refractivity contribution in [1.29, 1.82) is 0 Å². The summed E-state index contributed by atoms with van der Waals surface area (Å²) in [4.78, 5) is 7.09. The molecule has 2 N–H and O–H groups in total. The molecule has 0 radical (unpaired) electrons. The molecule has 6 heteroatoms. The summed E-state index contributed by atoms with van der Waals surface area (Å²) in [6, 6.07) is 7.68. The molecule has 1 unspecified atom stereocenters. The van der Waals surface area contributed by atoms with Crippen LogP contribution in [0.4, 0.5) is 4.39 Å². The van der Waals surface area contributed by atoms with Gasteiger partial charge >= 0.3 is 0 Å². The zero-order valence-electron chi connectivity index (χ0n) is 16.1. The van der Waals surface area contributed by atoms with Crippen molar-refractivity contribution in [1.82, 2.24) is 15.5 Å². The van der Waals surface area contributed by atoms with Crippen LogP contribution in [0.15, 0.2) is 29.3 Å². The van der Waals surface area contributed by atoms with E-state index in [0.29, 0.717) is 12.6 Å². The van der Waals surface area contributed by atoms with Crippen molar-refractivity contribution in [3.8, 4) is 0 Å². The highest BCUT2D eigenvalue weighted by Gasteiger charge is 2.45. The molecule has 2 saturated carbocycles. The smallest absolute Gasteiger partial charge is 0.191 e. The molecule has 3 rings (SSSR count). The Balaban J connectivity index is 0.00000243. The summed E-state index contributed by atoms with van der Waals surface area (Å²) in [5, 5.41) is 6.82. The SMILES string of the molecule is CCNC(=NCC1(c2ccccc2F)CC1)NCC(C1CC1)N(C)C.I. The fourth-order valence-electron chi connectivity index (χ4n) is 3.58. The molecule has 0 spiro atoms. The number of guanidine groups is 1. The molecule has 0 aliphatic heterocycles. The minimum Gasteiger partial charge on any atom is -0.357 e. The summed E-state index contributed by atoms with van der Waals surface area (Å²) < 4.78 is 14.2. The maximum Gasteiger partial charge on any atom is 0.191 e. The number of aliphatic imine (C=N–C) groups is 1. The van der Waals surface area contributed by atoms with Gasteiger partial charge in [0.2, 0.25) is 0 Å². The average molecular weight is 474 g/mol. The topological polar surface area (TPSA) is 39.7 Å². The lowest BCUT2D eigenvalue weighted by atomic mass is 9.95. The van der Waals surface area contributed by atoms with Crippen LogP contribution in [-0.4, -0.2) is 50.6 Å². The predicted octanol–water partition coefficient (Wildman–Crippen LogP) is 3.37. The molecule has 0 heterocycles. The van der Waals surface area contributed by atoms with Crippen LogP contribution in [0.25, 0.3) is 0 Å². The molecular formula is C20H32FIN4. The van der Waals surface area contributed by atoms with Crippen molar-refractivity contribution in [2.24, 2.45) is 10.9 Å². The monoisotopic (exact) mass is 474 g/mol. The van der Waals surface area contributed by atoms with Gasteiger partial charge < -0.3 is 15.5 Å². The molecule has 4 nitrogen and oxygen atoms in total. The van der Waals surface area contributed by atoms with Crippen LogP contribution < -0.4 is 10.6 Å². The largest absolute Gasteiger partial charge is 0.357 e. The zero-order valence-corrected chi connectivity index (χ0v) is 18.4. The quantitative estimate of drug-likeness (QED) is 0.345. The lowest BCUT2D eigenvalue weighted by Crippen LogP contribution is -2.46. The van der Waals surface area contributed by atoms with E-state index in [0.717, 1.165) is 43.4 Å². The third kappa shape index (κ3) is 5.31. The van der Waals surface area contributed by atoms with Crippen molar-refractivity contribution in [3.63, 3.8) is 0 Å². The summed E-state index contributed by atoms with van der Waals surface area (Å²) in [6.07, 6.45) is 4.68. The zero-order chi connectivity index (χ0) is 17.9. The second kappa shape index (κ2) is 9.35. The van der Waals surface area contributed by atoms with Crippen molar-refractivity contribution in [2.75, 3.05) is 33.7 Å². The number of likely N-dealkylation sites (N-methyl/N-ethyl adjacent to an activating group) is 1. The summed E-state index contributed by atoms with van der Waals surface area (Å²) in [5.74, 6) is 1.55. The molecular weight excluding hydrogens is 442 g/mol. The normalized spacial score (nSPS) is 19.7. The van der Waals surface area contributed by atoms with Gasteiger partial charge in [-0.2, -0.15) is 0 Å². The van der Waals surface area contributed by atoms with Gasteiger partial charge in [-0.15, -0.1) is 24.0 Å². The van der Waals surface area contributed by atoms with E-state index in [-0.39, 0.29) is 35.2 Å². The van der Waals surface area contributed by atoms with E-state index in [4.69, 9.17) is 4.99 Å². The highest BCUT2D eigenvalue weighted by atomic mass is 127. The molecule has 0 amide bonds. The third-order valence-electron chi connectivity index (χ3n) is 5.49. The number of nitrogens with one attached hydrogen (secondary N) is 2. The fourth-order valence-corrected chi connectivity index (χ4v) is 3.58. The highest BCUT2D eigenvalue weighted by molar-refractivity contribution is 14.0. The lowest BCUT2D eigenvalue weighted by Gasteiger charge is -2.25. The molecule has 2 aliphatic carbocycles. The predicted molar refractivity (Wildman–Crippen MR) is 117 cm³/mol. The van der Waals surface area contributed by atoms with E-state index in [2.05, 4.69) is 36.6 Å². The Morgan fingerprint density at radius 2 is 1.96 bits per heavy atom. The molecule has 1 atom stereocenters. The summed E-state index contributed by atoms with van der Waals surface area (Å²) in [7, 11) is 4.29. The number of halogens is 2. The molecule has 2 aliphatic rings. The minimum absolute atomic E-state index is 0. The van der Waals surface area contributed by atoms with E-state index < -0.39 is 0 Å². The molecule has 26 heavy (non-hydrogen) atoms.